The van der Waals surface area contributed by atoms with Crippen LogP contribution in [0.2, 0.25) is 0 Å². The lowest BCUT2D eigenvalue weighted by atomic mass is 9.98. The van der Waals surface area contributed by atoms with Crippen LogP contribution in [0.5, 0.6) is 0 Å². The topological polar surface area (TPSA) is 41.6 Å². The van der Waals surface area contributed by atoms with Crippen molar-refractivity contribution in [1.29, 1.82) is 0 Å². The summed E-state index contributed by atoms with van der Waals surface area (Å²) in [6.07, 6.45) is 1.78. The monoisotopic (exact) mass is 246 g/mol. The van der Waals surface area contributed by atoms with E-state index in [0.717, 1.165) is 19.4 Å². The van der Waals surface area contributed by atoms with E-state index in [1.54, 1.807) is 0 Å². The maximum absolute atomic E-state index is 11.8. The van der Waals surface area contributed by atoms with Crippen molar-refractivity contribution in [2.24, 2.45) is 0 Å². The van der Waals surface area contributed by atoms with Gasteiger partial charge in [0.25, 0.3) is 0 Å². The first-order chi connectivity index (χ1) is 8.76. The highest BCUT2D eigenvalue weighted by Crippen LogP contribution is 2.45. The highest BCUT2D eigenvalue weighted by Gasteiger charge is 2.44. The molecule has 0 unspecified atom stereocenters. The molecule has 0 spiro atoms. The average Bonchev–Trinajstić information content (AvgIpc) is 2.96. The third kappa shape index (κ3) is 1.48. The summed E-state index contributed by atoms with van der Waals surface area (Å²) >= 11 is 0. The number of hydrogen-bond acceptors (Lipinski definition) is 3. The van der Waals surface area contributed by atoms with E-state index in [1.165, 1.54) is 23.9 Å². The Hall–Kier alpha value is -1.71. The molecular formula is C14H18N2O2. The number of carbonyl (C=O) groups is 1. The Morgan fingerprint density at radius 1 is 1.50 bits per heavy atom. The first-order valence-corrected chi connectivity index (χ1v) is 6.40. The smallest absolute Gasteiger partial charge is 0.409 e. The molecule has 96 valence electrons. The molecule has 0 saturated carbocycles. The second kappa shape index (κ2) is 4.19. The minimum absolute atomic E-state index is 0.193. The van der Waals surface area contributed by atoms with Crippen LogP contribution in [0.3, 0.4) is 0 Å². The number of ether oxygens (including phenoxy) is 1. The van der Waals surface area contributed by atoms with E-state index >= 15 is 0 Å². The fraction of sp³-hybridized carbons (Fsp3) is 0.500. The first-order valence-electron chi connectivity index (χ1n) is 6.40. The third-order valence-electron chi connectivity index (χ3n) is 4.25. The molecule has 1 amide bonds. The Labute approximate surface area is 107 Å². The van der Waals surface area contributed by atoms with Gasteiger partial charge in [0.05, 0.1) is 7.11 Å². The number of likely N-dealkylation sites (tertiary alicyclic amines) is 1. The van der Waals surface area contributed by atoms with Crippen LogP contribution in [0.4, 0.5) is 10.5 Å². The standard InChI is InChI=1S/C14H18N2O2/c1-15-12-5-3-4-9-10-6-7-16(14(17)18-2)13(10)8-11(9)12/h3-5,10,13,15H,6-8H2,1-2H3/t10-,13+/m0/s1. The fourth-order valence-electron chi connectivity index (χ4n) is 3.44. The number of benzene rings is 1. The first kappa shape index (κ1) is 11.4. The van der Waals surface area contributed by atoms with Crippen molar-refractivity contribution in [3.8, 4) is 0 Å². The Bertz CT molecular complexity index is 487. The van der Waals surface area contributed by atoms with Gasteiger partial charge in [-0.3, -0.25) is 0 Å². The van der Waals surface area contributed by atoms with Gasteiger partial charge in [-0.15, -0.1) is 0 Å². The highest BCUT2D eigenvalue weighted by molar-refractivity contribution is 5.70. The van der Waals surface area contributed by atoms with Gasteiger partial charge in [0.2, 0.25) is 0 Å². The van der Waals surface area contributed by atoms with Crippen LogP contribution >= 0.6 is 0 Å². The van der Waals surface area contributed by atoms with Gasteiger partial charge in [-0.05, 0) is 30.0 Å². The summed E-state index contributed by atoms with van der Waals surface area (Å²) in [5.74, 6) is 0.479. The molecule has 1 aromatic carbocycles. The maximum atomic E-state index is 11.8. The van der Waals surface area contributed by atoms with E-state index in [9.17, 15) is 4.79 Å². The van der Waals surface area contributed by atoms with Crippen molar-refractivity contribution in [2.75, 3.05) is 26.0 Å². The summed E-state index contributed by atoms with van der Waals surface area (Å²) in [5, 5.41) is 3.24. The zero-order valence-corrected chi connectivity index (χ0v) is 10.8. The van der Waals surface area contributed by atoms with Gasteiger partial charge < -0.3 is 15.0 Å². The SMILES string of the molecule is CNc1cccc2c1C[C@@H]1[C@H]2CCN1C(=O)OC. The molecule has 1 N–H and O–H groups in total. The van der Waals surface area contributed by atoms with Crippen molar-refractivity contribution >= 4 is 11.8 Å². The number of hydrogen-bond donors (Lipinski definition) is 1. The molecule has 0 aromatic heterocycles. The van der Waals surface area contributed by atoms with E-state index in [2.05, 4.69) is 23.5 Å². The third-order valence-corrected chi connectivity index (χ3v) is 4.25. The minimum atomic E-state index is -0.193. The van der Waals surface area contributed by atoms with Crippen molar-refractivity contribution in [3.05, 3.63) is 29.3 Å². The summed E-state index contributed by atoms with van der Waals surface area (Å²) in [7, 11) is 3.40. The van der Waals surface area contributed by atoms with Crippen molar-refractivity contribution < 1.29 is 9.53 Å². The number of anilines is 1. The van der Waals surface area contributed by atoms with E-state index < -0.39 is 0 Å². The molecule has 4 heteroatoms. The van der Waals surface area contributed by atoms with Crippen molar-refractivity contribution in [2.45, 2.75) is 24.8 Å². The van der Waals surface area contributed by atoms with Gasteiger partial charge in [-0.25, -0.2) is 4.79 Å². The van der Waals surface area contributed by atoms with Gasteiger partial charge in [-0.1, -0.05) is 12.1 Å². The van der Waals surface area contributed by atoms with E-state index in [4.69, 9.17) is 4.74 Å². The summed E-state index contributed by atoms with van der Waals surface area (Å²) in [4.78, 5) is 13.6. The summed E-state index contributed by atoms with van der Waals surface area (Å²) < 4.78 is 4.87. The number of fused-ring (bicyclic) bond motifs is 3. The zero-order chi connectivity index (χ0) is 12.7. The lowest BCUT2D eigenvalue weighted by Gasteiger charge is -2.22. The van der Waals surface area contributed by atoms with Crippen molar-refractivity contribution in [3.63, 3.8) is 0 Å². The van der Waals surface area contributed by atoms with Crippen molar-refractivity contribution in [1.82, 2.24) is 4.90 Å². The van der Waals surface area contributed by atoms with Crippen LogP contribution in [-0.2, 0) is 11.2 Å². The molecule has 1 heterocycles. The van der Waals surface area contributed by atoms with Crippen LogP contribution in [0.15, 0.2) is 18.2 Å². The quantitative estimate of drug-likeness (QED) is 0.826. The van der Waals surface area contributed by atoms with E-state index in [-0.39, 0.29) is 12.1 Å². The molecule has 4 nitrogen and oxygen atoms in total. The number of nitrogens with one attached hydrogen (secondary N) is 1. The average molecular weight is 246 g/mol. The molecular weight excluding hydrogens is 228 g/mol. The molecule has 0 bridgehead atoms. The molecule has 2 aliphatic rings. The second-order valence-electron chi connectivity index (χ2n) is 4.95. The molecule has 2 atom stereocenters. The zero-order valence-electron chi connectivity index (χ0n) is 10.8. The maximum Gasteiger partial charge on any atom is 0.409 e. The molecule has 1 aromatic rings. The van der Waals surface area contributed by atoms with Gasteiger partial charge in [0, 0.05) is 31.2 Å². The molecule has 1 fully saturated rings. The summed E-state index contributed by atoms with van der Waals surface area (Å²) in [6, 6.07) is 6.67. The molecule has 1 saturated heterocycles. The molecule has 1 aliphatic heterocycles. The van der Waals surface area contributed by atoms with Crippen LogP contribution in [-0.4, -0.2) is 37.7 Å². The number of rotatable bonds is 1. The number of methoxy groups -OCH3 is 1. The highest BCUT2D eigenvalue weighted by atomic mass is 16.5. The van der Waals surface area contributed by atoms with Gasteiger partial charge in [0.15, 0.2) is 0 Å². The molecule has 18 heavy (non-hydrogen) atoms. The Balaban J connectivity index is 1.94. The fourth-order valence-corrected chi connectivity index (χ4v) is 3.44. The largest absolute Gasteiger partial charge is 0.453 e. The van der Waals surface area contributed by atoms with Gasteiger partial charge in [-0.2, -0.15) is 0 Å². The molecule has 3 rings (SSSR count). The Morgan fingerprint density at radius 2 is 2.33 bits per heavy atom. The second-order valence-corrected chi connectivity index (χ2v) is 4.95. The van der Waals surface area contributed by atoms with Gasteiger partial charge in [0.1, 0.15) is 0 Å². The van der Waals surface area contributed by atoms with Crippen LogP contribution in [0.1, 0.15) is 23.5 Å². The number of amides is 1. The molecule has 0 radical (unpaired) electrons. The molecule has 1 aliphatic carbocycles. The normalized spacial score (nSPS) is 24.7. The predicted molar refractivity (Wildman–Crippen MR) is 69.9 cm³/mol. The van der Waals surface area contributed by atoms with Crippen LogP contribution in [0.25, 0.3) is 0 Å². The number of carbonyl (C=O) groups excluding carboxylic acids is 1. The lowest BCUT2D eigenvalue weighted by molar-refractivity contribution is 0.118. The lowest BCUT2D eigenvalue weighted by Crippen LogP contribution is -2.36. The van der Waals surface area contributed by atoms with Crippen LogP contribution < -0.4 is 5.32 Å². The van der Waals surface area contributed by atoms with E-state index in [1.807, 2.05) is 11.9 Å². The Morgan fingerprint density at radius 3 is 3.06 bits per heavy atom. The van der Waals surface area contributed by atoms with Crippen LogP contribution in [0, 0.1) is 0 Å². The summed E-state index contributed by atoms with van der Waals surface area (Å²) in [5.41, 5.74) is 3.95. The van der Waals surface area contributed by atoms with Gasteiger partial charge >= 0.3 is 6.09 Å². The summed E-state index contributed by atoms with van der Waals surface area (Å²) in [6.45, 7) is 0.811. The Kier molecular flexibility index (Phi) is 2.65. The van der Waals surface area contributed by atoms with E-state index in [0.29, 0.717) is 5.92 Å². The number of nitrogens with zero attached hydrogens (tertiary/aromatic N) is 1. The predicted octanol–water partition coefficient (Wildman–Crippen LogP) is 2.21. The minimum Gasteiger partial charge on any atom is -0.453 e.